The number of hydrogen-bond acceptors (Lipinski definition) is 2. The van der Waals surface area contributed by atoms with Crippen molar-refractivity contribution in [2.24, 2.45) is 11.3 Å². The Hall–Kier alpha value is -1.35. The van der Waals surface area contributed by atoms with E-state index < -0.39 is 5.97 Å². The Labute approximate surface area is 109 Å². The minimum atomic E-state index is -0.875. The van der Waals surface area contributed by atoms with E-state index in [0.29, 0.717) is 18.0 Å². The van der Waals surface area contributed by atoms with Gasteiger partial charge in [-0.15, -0.1) is 0 Å². The number of carbonyl (C=O) groups is 1. The lowest BCUT2D eigenvalue weighted by Gasteiger charge is -2.27. The molecular formula is C15H23NO2. The number of nitrogens with one attached hydrogen (secondary N) is 1. The number of carboxylic acid groups (broad SMARTS) is 1. The van der Waals surface area contributed by atoms with E-state index in [1.807, 2.05) is 6.07 Å². The van der Waals surface area contributed by atoms with E-state index >= 15 is 0 Å². The number of aromatic carboxylic acids is 1. The molecule has 0 bridgehead atoms. The lowest BCUT2D eigenvalue weighted by Crippen LogP contribution is -2.29. The van der Waals surface area contributed by atoms with Crippen molar-refractivity contribution in [3.63, 3.8) is 0 Å². The van der Waals surface area contributed by atoms with E-state index in [1.54, 1.807) is 18.2 Å². The average molecular weight is 249 g/mol. The summed E-state index contributed by atoms with van der Waals surface area (Å²) in [5.74, 6) is -0.305. The van der Waals surface area contributed by atoms with Crippen molar-refractivity contribution >= 4 is 5.97 Å². The van der Waals surface area contributed by atoms with Gasteiger partial charge in [0, 0.05) is 6.54 Å². The Balaban J connectivity index is 2.49. The number of hydrogen-bond donors (Lipinski definition) is 2. The van der Waals surface area contributed by atoms with Crippen molar-refractivity contribution in [3.8, 4) is 0 Å². The number of benzene rings is 1. The molecule has 1 aromatic rings. The Morgan fingerprint density at radius 2 is 2.06 bits per heavy atom. The highest BCUT2D eigenvalue weighted by Gasteiger charge is 2.19. The molecule has 0 saturated heterocycles. The molecule has 1 aromatic carbocycles. The average Bonchev–Trinajstić information content (AvgIpc) is 2.28. The summed E-state index contributed by atoms with van der Waals surface area (Å²) < 4.78 is 0. The molecule has 3 nitrogen and oxygen atoms in total. The summed E-state index contributed by atoms with van der Waals surface area (Å²) in [7, 11) is 0. The largest absolute Gasteiger partial charge is 0.478 e. The third-order valence-electron chi connectivity index (χ3n) is 3.43. The van der Waals surface area contributed by atoms with Gasteiger partial charge in [-0.2, -0.15) is 0 Å². The van der Waals surface area contributed by atoms with E-state index in [9.17, 15) is 4.79 Å². The molecule has 0 heterocycles. The first kappa shape index (κ1) is 14.7. The van der Waals surface area contributed by atoms with Crippen LogP contribution in [0.5, 0.6) is 0 Å². The molecule has 0 spiro atoms. The van der Waals surface area contributed by atoms with Crippen LogP contribution in [0.15, 0.2) is 24.3 Å². The van der Waals surface area contributed by atoms with Crippen molar-refractivity contribution in [1.82, 2.24) is 5.32 Å². The van der Waals surface area contributed by atoms with Crippen LogP contribution in [0.4, 0.5) is 0 Å². The SMILES string of the molecule is CC(CNCc1cccc(C(=O)O)c1)C(C)(C)C. The van der Waals surface area contributed by atoms with Crippen LogP contribution in [-0.2, 0) is 6.54 Å². The molecule has 3 heteroatoms. The maximum atomic E-state index is 10.8. The molecule has 0 radical (unpaired) electrons. The molecule has 0 aliphatic carbocycles. The van der Waals surface area contributed by atoms with Gasteiger partial charge in [0.1, 0.15) is 0 Å². The van der Waals surface area contributed by atoms with Crippen LogP contribution in [0, 0.1) is 11.3 Å². The third-order valence-corrected chi connectivity index (χ3v) is 3.43. The highest BCUT2D eigenvalue weighted by molar-refractivity contribution is 5.87. The zero-order chi connectivity index (χ0) is 13.8. The van der Waals surface area contributed by atoms with Crippen LogP contribution in [0.25, 0.3) is 0 Å². The van der Waals surface area contributed by atoms with Gasteiger partial charge in [0.2, 0.25) is 0 Å². The van der Waals surface area contributed by atoms with Crippen molar-refractivity contribution in [2.45, 2.75) is 34.2 Å². The lowest BCUT2D eigenvalue weighted by atomic mass is 9.82. The van der Waals surface area contributed by atoms with Gasteiger partial charge >= 0.3 is 5.97 Å². The summed E-state index contributed by atoms with van der Waals surface area (Å²) in [6.07, 6.45) is 0. The molecule has 100 valence electrons. The fraction of sp³-hybridized carbons (Fsp3) is 0.533. The summed E-state index contributed by atoms with van der Waals surface area (Å²) in [6, 6.07) is 7.07. The molecule has 2 N–H and O–H groups in total. The minimum Gasteiger partial charge on any atom is -0.478 e. The van der Waals surface area contributed by atoms with E-state index in [2.05, 4.69) is 33.0 Å². The zero-order valence-corrected chi connectivity index (χ0v) is 11.7. The molecule has 18 heavy (non-hydrogen) atoms. The first-order chi connectivity index (χ1) is 8.30. The first-order valence-electron chi connectivity index (χ1n) is 6.33. The Kier molecular flexibility index (Phi) is 4.91. The van der Waals surface area contributed by atoms with Gasteiger partial charge in [-0.3, -0.25) is 0 Å². The molecule has 0 amide bonds. The van der Waals surface area contributed by atoms with E-state index in [1.165, 1.54) is 0 Å². The maximum absolute atomic E-state index is 10.8. The van der Waals surface area contributed by atoms with Crippen molar-refractivity contribution < 1.29 is 9.90 Å². The van der Waals surface area contributed by atoms with Crippen molar-refractivity contribution in [1.29, 1.82) is 0 Å². The van der Waals surface area contributed by atoms with E-state index in [-0.39, 0.29) is 5.41 Å². The molecule has 1 unspecified atom stereocenters. The third kappa shape index (κ3) is 4.49. The quantitative estimate of drug-likeness (QED) is 0.842. The number of carboxylic acids is 1. The van der Waals surface area contributed by atoms with E-state index in [4.69, 9.17) is 5.11 Å². The predicted molar refractivity (Wildman–Crippen MR) is 73.7 cm³/mol. The summed E-state index contributed by atoms with van der Waals surface area (Å²) in [5, 5.41) is 12.3. The topological polar surface area (TPSA) is 49.3 Å². The molecule has 0 aliphatic heterocycles. The van der Waals surface area contributed by atoms with Gasteiger partial charge in [-0.1, -0.05) is 39.8 Å². The van der Waals surface area contributed by atoms with Crippen LogP contribution in [0.3, 0.4) is 0 Å². The Morgan fingerprint density at radius 3 is 2.61 bits per heavy atom. The Bertz CT molecular complexity index is 407. The summed E-state index contributed by atoms with van der Waals surface area (Å²) in [4.78, 5) is 10.8. The summed E-state index contributed by atoms with van der Waals surface area (Å²) in [5.41, 5.74) is 1.64. The monoisotopic (exact) mass is 249 g/mol. The normalized spacial score (nSPS) is 13.3. The maximum Gasteiger partial charge on any atom is 0.335 e. The first-order valence-corrected chi connectivity index (χ1v) is 6.33. The highest BCUT2D eigenvalue weighted by atomic mass is 16.4. The van der Waals surface area contributed by atoms with Crippen LogP contribution in [0.1, 0.15) is 43.6 Å². The zero-order valence-electron chi connectivity index (χ0n) is 11.7. The van der Waals surface area contributed by atoms with Gasteiger partial charge in [-0.05, 0) is 35.6 Å². The van der Waals surface area contributed by atoms with Crippen molar-refractivity contribution in [3.05, 3.63) is 35.4 Å². The predicted octanol–water partition coefficient (Wildman–Crippen LogP) is 3.16. The van der Waals surface area contributed by atoms with Crippen LogP contribution in [0.2, 0.25) is 0 Å². The molecule has 0 aromatic heterocycles. The second-order valence-electron chi connectivity index (χ2n) is 5.90. The number of rotatable bonds is 5. The smallest absolute Gasteiger partial charge is 0.335 e. The second-order valence-corrected chi connectivity index (χ2v) is 5.90. The van der Waals surface area contributed by atoms with Crippen LogP contribution in [-0.4, -0.2) is 17.6 Å². The molecular weight excluding hydrogens is 226 g/mol. The standard InChI is InChI=1S/C15H23NO2/c1-11(15(2,3)4)9-16-10-12-6-5-7-13(8-12)14(17)18/h5-8,11,16H,9-10H2,1-4H3,(H,17,18). The summed E-state index contributed by atoms with van der Waals surface area (Å²) >= 11 is 0. The molecule has 1 rings (SSSR count). The molecule has 0 fully saturated rings. The van der Waals surface area contributed by atoms with Gasteiger partial charge < -0.3 is 10.4 Å². The van der Waals surface area contributed by atoms with Crippen LogP contribution >= 0.6 is 0 Å². The molecule has 1 atom stereocenters. The van der Waals surface area contributed by atoms with Gasteiger partial charge in [0.15, 0.2) is 0 Å². The van der Waals surface area contributed by atoms with Gasteiger partial charge in [0.05, 0.1) is 5.56 Å². The van der Waals surface area contributed by atoms with Gasteiger partial charge in [-0.25, -0.2) is 4.79 Å². The second kappa shape index (κ2) is 6.01. The fourth-order valence-corrected chi connectivity index (χ4v) is 1.55. The van der Waals surface area contributed by atoms with Gasteiger partial charge in [0.25, 0.3) is 0 Å². The molecule has 0 saturated carbocycles. The molecule has 0 aliphatic rings. The summed E-state index contributed by atoms with van der Waals surface area (Å²) in [6.45, 7) is 10.5. The van der Waals surface area contributed by atoms with E-state index in [0.717, 1.165) is 12.1 Å². The van der Waals surface area contributed by atoms with Crippen LogP contribution < -0.4 is 5.32 Å². The fourth-order valence-electron chi connectivity index (χ4n) is 1.55. The Morgan fingerprint density at radius 1 is 1.39 bits per heavy atom. The highest BCUT2D eigenvalue weighted by Crippen LogP contribution is 2.24. The minimum absolute atomic E-state index is 0.288. The van der Waals surface area contributed by atoms with Crippen molar-refractivity contribution in [2.75, 3.05) is 6.54 Å². The lowest BCUT2D eigenvalue weighted by molar-refractivity contribution is 0.0696.